The molecule has 1 aromatic rings. The average Bonchev–Trinajstić information content (AvgIpc) is 3.53. The molecule has 256 valence electrons. The lowest BCUT2D eigenvalue weighted by atomic mass is 10.0. The van der Waals surface area contributed by atoms with Gasteiger partial charge >= 0.3 is 41.2 Å². The number of aromatic nitrogens is 2. The second-order valence-electron chi connectivity index (χ2n) is 9.68. The summed E-state index contributed by atoms with van der Waals surface area (Å²) in [5.74, 6) is 0.236. The largest absolute Gasteiger partial charge is 0.490 e. The number of fused-ring (bicyclic) bond motifs is 1. The molecular weight excluding hydrogens is 761 g/mol. The van der Waals surface area contributed by atoms with Gasteiger partial charge in [0, 0.05) is 36.1 Å². The normalized spacial score (nSPS) is 29.3. The van der Waals surface area contributed by atoms with Crippen LogP contribution in [0.25, 0.3) is 0 Å². The van der Waals surface area contributed by atoms with E-state index in [1.807, 2.05) is 16.7 Å². The van der Waals surface area contributed by atoms with Crippen molar-refractivity contribution in [2.45, 2.75) is 72.9 Å². The maximum atomic E-state index is 11.8. The van der Waals surface area contributed by atoms with E-state index in [0.717, 1.165) is 41.8 Å². The van der Waals surface area contributed by atoms with Crippen molar-refractivity contribution in [2.24, 2.45) is 0 Å². The van der Waals surface area contributed by atoms with Gasteiger partial charge in [-0.2, -0.15) is 20.4 Å². The maximum Gasteiger partial charge on any atom is 0.490 e. The third kappa shape index (κ3) is 12.0. The highest BCUT2D eigenvalue weighted by Crippen LogP contribution is 2.67. The van der Waals surface area contributed by atoms with Crippen LogP contribution in [-0.2, 0) is 36.4 Å². The number of halogens is 1. The minimum absolute atomic E-state index is 0.0640. The molecule has 0 aliphatic carbocycles. The molecule has 9 atom stereocenters. The second-order valence-corrected chi connectivity index (χ2v) is 16.2. The van der Waals surface area contributed by atoms with Gasteiger partial charge in [-0.1, -0.05) is 22.4 Å². The summed E-state index contributed by atoms with van der Waals surface area (Å²) in [5, 5.41) is 23.2. The van der Waals surface area contributed by atoms with Gasteiger partial charge in [0.1, 0.15) is 12.3 Å². The van der Waals surface area contributed by atoms with Crippen molar-refractivity contribution in [3.05, 3.63) is 33.1 Å². The number of rotatable bonds is 13. The fourth-order valence-electron chi connectivity index (χ4n) is 4.49. The number of aliphatic hydroxyl groups is 1. The lowest BCUT2D eigenvalue weighted by Gasteiger charge is -2.23. The van der Waals surface area contributed by atoms with Crippen LogP contribution in [0.3, 0.4) is 0 Å². The number of aliphatic carboxylic acids is 1. The number of urea groups is 1. The van der Waals surface area contributed by atoms with Gasteiger partial charge in [0.2, 0.25) is 0 Å². The first-order chi connectivity index (χ1) is 20.7. The van der Waals surface area contributed by atoms with E-state index >= 15 is 0 Å². The number of unbranched alkanes of at least 4 members (excludes halogenated alkanes) is 1. The summed E-state index contributed by atoms with van der Waals surface area (Å²) < 4.78 is 51.6. The Labute approximate surface area is 265 Å². The Bertz CT molecular complexity index is 1490. The number of nitrogens with zero attached hydrogens (tertiary/aromatic N) is 1. The van der Waals surface area contributed by atoms with Gasteiger partial charge in [-0.3, -0.25) is 23.7 Å². The number of hydrogen-bond acceptors (Lipinski definition) is 13. The summed E-state index contributed by atoms with van der Waals surface area (Å²) in [6.45, 7) is 0. The van der Waals surface area contributed by atoms with Crippen LogP contribution in [0.1, 0.15) is 38.3 Å². The number of phosphoric acid groups is 3. The Morgan fingerprint density at radius 3 is 2.42 bits per heavy atom. The van der Waals surface area contributed by atoms with E-state index in [1.54, 1.807) is 0 Å². The molecule has 3 fully saturated rings. The summed E-state index contributed by atoms with van der Waals surface area (Å²) in [7, 11) is -16.7. The third-order valence-electron chi connectivity index (χ3n) is 6.27. The van der Waals surface area contributed by atoms with Crippen LogP contribution in [0.2, 0.25) is 0 Å². The minimum atomic E-state index is -5.71. The van der Waals surface area contributed by atoms with Gasteiger partial charge in [-0.05, 0) is 12.8 Å². The van der Waals surface area contributed by atoms with Gasteiger partial charge in [0.05, 0.1) is 18.2 Å². The topological polar surface area (TPSA) is 323 Å². The predicted molar refractivity (Wildman–Crippen MR) is 155 cm³/mol. The zero-order valence-corrected chi connectivity index (χ0v) is 27.8. The molecule has 26 heteroatoms. The van der Waals surface area contributed by atoms with Crippen LogP contribution in [0.4, 0.5) is 4.79 Å². The van der Waals surface area contributed by atoms with Crippen molar-refractivity contribution >= 4 is 63.2 Å². The molecule has 0 aromatic carbocycles. The Balaban J connectivity index is 0.000000289. The number of phosphoric ester groups is 1. The van der Waals surface area contributed by atoms with Crippen LogP contribution >= 0.6 is 51.2 Å². The lowest BCUT2D eigenvalue weighted by Crippen LogP contribution is -2.36. The molecule has 3 unspecified atom stereocenters. The molecule has 2 amide bonds. The molecule has 0 saturated carbocycles. The number of alkyl halides is 1. The van der Waals surface area contributed by atoms with Crippen molar-refractivity contribution in [1.82, 2.24) is 20.2 Å². The Hall–Kier alpha value is -1.42. The summed E-state index contributed by atoms with van der Waals surface area (Å²) in [4.78, 5) is 81.8. The number of thioether (sulfide) groups is 1. The van der Waals surface area contributed by atoms with Crippen molar-refractivity contribution in [2.75, 3.05) is 5.75 Å². The highest BCUT2D eigenvalue weighted by molar-refractivity contribution is 9.09. The third-order valence-corrected chi connectivity index (χ3v) is 12.6. The van der Waals surface area contributed by atoms with Crippen LogP contribution in [0, 0.1) is 0 Å². The van der Waals surface area contributed by atoms with Crippen molar-refractivity contribution in [1.29, 1.82) is 0 Å². The molecular formula is C19H30BrN4O17P3S. The Morgan fingerprint density at radius 1 is 1.11 bits per heavy atom. The SMILES string of the molecule is O=C(O)CCCC[C@@H]1SC[C@@H]2NC(=O)N[C@@H]21.O=c1ccn([C@H]2C[C@H](O)[C@@H](C(Br)OP(=O)(O)OP(=O)(O)OP(=O)(O)O)O2)c(=O)[nH]1. The van der Waals surface area contributed by atoms with Crippen molar-refractivity contribution in [3.8, 4) is 0 Å². The van der Waals surface area contributed by atoms with E-state index in [-0.39, 0.29) is 31.0 Å². The summed E-state index contributed by atoms with van der Waals surface area (Å²) >= 11 is 4.62. The quantitative estimate of drug-likeness (QED) is 0.0551. The lowest BCUT2D eigenvalue weighted by molar-refractivity contribution is -0.137. The molecule has 4 rings (SSSR count). The van der Waals surface area contributed by atoms with Gasteiger partial charge in [-0.15, -0.1) is 0 Å². The van der Waals surface area contributed by atoms with Crippen molar-refractivity contribution in [3.63, 3.8) is 0 Å². The zero-order chi connectivity index (χ0) is 33.7. The highest BCUT2D eigenvalue weighted by atomic mass is 79.9. The standard InChI is InChI=1S/C10H16N2O3S.C9H14BrN2O14P3/c13-8(14)4-2-1-3-7-9-6(5-16-7)11-10(15)12-9;10-8(24-28(19,20)26-29(21,22)25-27(16,17)18)7-4(13)3-6(23-7)12-2-1-5(14)11-9(12)15/h6-7,9H,1-5H2,(H,13,14)(H2,11,12,15);1-2,4,6-8,13H,3H2,(H,19,20)(H,21,22)(H,11,14,15)(H2,16,17,18)/t6-,7-,9-;4-,6+,7-,8?/m00/s1. The predicted octanol–water partition coefficient (Wildman–Crippen LogP) is 0.0461. The van der Waals surface area contributed by atoms with Crippen LogP contribution in [-0.4, -0.2) is 91.6 Å². The molecule has 3 aliphatic rings. The van der Waals surface area contributed by atoms with E-state index in [1.165, 1.54) is 0 Å². The van der Waals surface area contributed by atoms with E-state index in [2.05, 4.69) is 39.7 Å². The van der Waals surface area contributed by atoms with E-state index in [4.69, 9.17) is 24.5 Å². The second kappa shape index (κ2) is 15.7. The van der Waals surface area contributed by atoms with E-state index < -0.39 is 64.1 Å². The van der Waals surface area contributed by atoms with Crippen molar-refractivity contribution < 1.29 is 71.0 Å². The first-order valence-electron chi connectivity index (χ1n) is 12.8. The monoisotopic (exact) mass is 790 g/mol. The number of H-pyrrole nitrogens is 1. The first kappa shape index (κ1) is 38.0. The summed E-state index contributed by atoms with van der Waals surface area (Å²) in [6.07, 6.45) is -0.140. The number of amides is 2. The number of aliphatic hydroxyl groups excluding tert-OH is 1. The Morgan fingerprint density at radius 2 is 1.80 bits per heavy atom. The molecule has 0 radical (unpaired) electrons. The number of carboxylic acids is 1. The first-order valence-corrected chi connectivity index (χ1v) is 19.3. The van der Waals surface area contributed by atoms with E-state index in [9.17, 15) is 42.9 Å². The number of carboxylic acid groups (broad SMARTS) is 1. The molecule has 21 nitrogen and oxygen atoms in total. The summed E-state index contributed by atoms with van der Waals surface area (Å²) in [5.41, 5.74) is -1.53. The average molecular weight is 791 g/mol. The maximum absolute atomic E-state index is 11.8. The number of ether oxygens (including phenoxy) is 1. The molecule has 3 saturated heterocycles. The molecule has 3 aliphatic heterocycles. The van der Waals surface area contributed by atoms with Gasteiger partial charge in [0.15, 0.2) is 5.01 Å². The number of carbonyl (C=O) groups is 2. The minimum Gasteiger partial charge on any atom is -0.481 e. The van der Waals surface area contributed by atoms with Gasteiger partial charge < -0.3 is 45.2 Å². The van der Waals surface area contributed by atoms with Crippen LogP contribution in [0.5, 0.6) is 0 Å². The smallest absolute Gasteiger partial charge is 0.481 e. The highest BCUT2D eigenvalue weighted by Gasteiger charge is 2.46. The van der Waals surface area contributed by atoms with Gasteiger partial charge in [-0.25, -0.2) is 23.3 Å². The van der Waals surface area contributed by atoms with Gasteiger partial charge in [0.25, 0.3) is 5.56 Å². The molecule has 0 bridgehead atoms. The number of nitrogens with one attached hydrogen (secondary N) is 3. The Kier molecular flexibility index (Phi) is 13.2. The fraction of sp³-hybridized carbons (Fsp3) is 0.684. The van der Waals surface area contributed by atoms with Crippen LogP contribution in [0.15, 0.2) is 21.9 Å². The number of carbonyl (C=O) groups excluding carboxylic acids is 1. The number of aromatic amines is 1. The molecule has 0 spiro atoms. The summed E-state index contributed by atoms with van der Waals surface area (Å²) in [6, 6.07) is 1.46. The van der Waals surface area contributed by atoms with E-state index in [0.29, 0.717) is 5.25 Å². The zero-order valence-electron chi connectivity index (χ0n) is 22.7. The number of hydrogen-bond donors (Lipinski definition) is 9. The molecule has 4 heterocycles. The molecule has 9 N–H and O–H groups in total. The fourth-order valence-corrected chi connectivity index (χ4v) is 10.2. The molecule has 45 heavy (non-hydrogen) atoms. The molecule has 1 aromatic heterocycles. The van der Waals surface area contributed by atoms with Crippen LogP contribution < -0.4 is 21.9 Å².